The van der Waals surface area contributed by atoms with Crippen LogP contribution in [0.1, 0.15) is 12.0 Å². The Labute approximate surface area is 165 Å². The molecule has 0 aliphatic carbocycles. The minimum Gasteiger partial charge on any atom is -0.486 e. The number of nitrogens with one attached hydrogen (secondary N) is 1. The molecule has 0 aromatic heterocycles. The van der Waals surface area contributed by atoms with Crippen molar-refractivity contribution in [3.63, 3.8) is 0 Å². The fourth-order valence-electron chi connectivity index (χ4n) is 3.32. The zero-order valence-corrected chi connectivity index (χ0v) is 16.6. The Morgan fingerprint density at radius 2 is 1.93 bits per heavy atom. The van der Waals surface area contributed by atoms with Crippen LogP contribution in [-0.4, -0.2) is 81.9 Å². The van der Waals surface area contributed by atoms with Crippen molar-refractivity contribution in [3.8, 4) is 11.5 Å². The van der Waals surface area contributed by atoms with Crippen molar-refractivity contribution >= 4 is 17.5 Å². The lowest BCUT2D eigenvalue weighted by Gasteiger charge is -2.34. The van der Waals surface area contributed by atoms with Crippen molar-refractivity contribution in [1.82, 2.24) is 15.1 Å². The molecule has 150 valence electrons. The highest BCUT2D eigenvalue weighted by atomic mass is 35.5. The molecule has 2 aliphatic heterocycles. The largest absolute Gasteiger partial charge is 0.486 e. The summed E-state index contributed by atoms with van der Waals surface area (Å²) < 4.78 is 16.2. The molecule has 7 nitrogen and oxygen atoms in total. The van der Waals surface area contributed by atoms with Gasteiger partial charge in [-0.05, 0) is 24.1 Å². The first kappa shape index (κ1) is 20.2. The number of nitrogens with zero attached hydrogens (tertiary/aromatic N) is 2. The third-order valence-corrected chi connectivity index (χ3v) is 5.02. The van der Waals surface area contributed by atoms with Crippen LogP contribution in [0, 0.1) is 0 Å². The maximum absolute atomic E-state index is 12.0. The van der Waals surface area contributed by atoms with Crippen LogP contribution in [0.2, 0.25) is 5.02 Å². The maximum atomic E-state index is 12.0. The van der Waals surface area contributed by atoms with Gasteiger partial charge in [0.15, 0.2) is 11.5 Å². The lowest BCUT2D eigenvalue weighted by Crippen LogP contribution is -2.49. The van der Waals surface area contributed by atoms with Crippen molar-refractivity contribution in [3.05, 3.63) is 22.7 Å². The molecule has 0 bridgehead atoms. The summed E-state index contributed by atoms with van der Waals surface area (Å²) in [6.45, 7) is 7.29. The van der Waals surface area contributed by atoms with Crippen LogP contribution < -0.4 is 14.8 Å². The lowest BCUT2D eigenvalue weighted by molar-refractivity contribution is -0.122. The summed E-state index contributed by atoms with van der Waals surface area (Å²) in [6, 6.07) is 3.97. The second kappa shape index (κ2) is 10.1. The average Bonchev–Trinajstić information content (AvgIpc) is 2.67. The summed E-state index contributed by atoms with van der Waals surface area (Å²) in [5.41, 5.74) is 1.12. The van der Waals surface area contributed by atoms with E-state index in [1.54, 1.807) is 7.11 Å². The number of ether oxygens (including phenoxy) is 3. The van der Waals surface area contributed by atoms with E-state index in [9.17, 15) is 4.79 Å². The predicted octanol–water partition coefficient (Wildman–Crippen LogP) is 1.38. The quantitative estimate of drug-likeness (QED) is 0.669. The smallest absolute Gasteiger partial charge is 0.234 e. The second-order valence-corrected chi connectivity index (χ2v) is 7.26. The van der Waals surface area contributed by atoms with Crippen LogP contribution in [0.15, 0.2) is 12.1 Å². The molecule has 2 heterocycles. The topological polar surface area (TPSA) is 63.3 Å². The Morgan fingerprint density at radius 1 is 1.19 bits per heavy atom. The molecule has 0 saturated carbocycles. The van der Waals surface area contributed by atoms with Gasteiger partial charge in [0.2, 0.25) is 5.91 Å². The molecule has 0 radical (unpaired) electrons. The molecule has 1 aromatic carbocycles. The van der Waals surface area contributed by atoms with Crippen molar-refractivity contribution < 1.29 is 19.0 Å². The van der Waals surface area contributed by atoms with E-state index in [0.717, 1.165) is 50.5 Å². The van der Waals surface area contributed by atoms with Gasteiger partial charge < -0.3 is 19.5 Å². The van der Waals surface area contributed by atoms with Crippen LogP contribution in [0.5, 0.6) is 11.5 Å². The van der Waals surface area contributed by atoms with Gasteiger partial charge in [-0.25, -0.2) is 0 Å². The van der Waals surface area contributed by atoms with Crippen LogP contribution in [-0.2, 0) is 16.1 Å². The van der Waals surface area contributed by atoms with Crippen LogP contribution in [0.4, 0.5) is 0 Å². The second-order valence-electron chi connectivity index (χ2n) is 6.85. The van der Waals surface area contributed by atoms with Gasteiger partial charge in [-0.2, -0.15) is 0 Å². The predicted molar refractivity (Wildman–Crippen MR) is 104 cm³/mol. The zero-order valence-electron chi connectivity index (χ0n) is 15.8. The molecule has 0 spiro atoms. The molecule has 1 saturated heterocycles. The first-order valence-corrected chi connectivity index (χ1v) is 9.82. The highest BCUT2D eigenvalue weighted by molar-refractivity contribution is 6.32. The summed E-state index contributed by atoms with van der Waals surface area (Å²) in [5, 5.41) is 3.54. The summed E-state index contributed by atoms with van der Waals surface area (Å²) in [4.78, 5) is 16.5. The van der Waals surface area contributed by atoms with E-state index in [0.29, 0.717) is 43.7 Å². The van der Waals surface area contributed by atoms with E-state index >= 15 is 0 Å². The van der Waals surface area contributed by atoms with E-state index in [-0.39, 0.29) is 5.91 Å². The Balaban J connectivity index is 1.42. The Bertz CT molecular complexity index is 636. The van der Waals surface area contributed by atoms with Crippen molar-refractivity contribution in [1.29, 1.82) is 0 Å². The number of carbonyl (C=O) groups is 1. The highest BCUT2D eigenvalue weighted by Gasteiger charge is 2.21. The number of benzene rings is 1. The molecular weight excluding hydrogens is 370 g/mol. The van der Waals surface area contributed by atoms with Gasteiger partial charge in [0.1, 0.15) is 13.2 Å². The first-order chi connectivity index (χ1) is 13.2. The van der Waals surface area contributed by atoms with Gasteiger partial charge in [0, 0.05) is 53.0 Å². The Morgan fingerprint density at radius 3 is 2.70 bits per heavy atom. The average molecular weight is 398 g/mol. The normalized spacial score (nSPS) is 17.7. The number of amides is 1. The molecule has 1 aromatic rings. The first-order valence-electron chi connectivity index (χ1n) is 9.44. The molecule has 8 heteroatoms. The number of methoxy groups -OCH3 is 1. The van der Waals surface area contributed by atoms with E-state index in [2.05, 4.69) is 15.1 Å². The van der Waals surface area contributed by atoms with Gasteiger partial charge in [-0.1, -0.05) is 11.6 Å². The lowest BCUT2D eigenvalue weighted by atomic mass is 10.1. The molecule has 0 unspecified atom stereocenters. The fourth-order valence-corrected chi connectivity index (χ4v) is 3.61. The molecule has 1 fully saturated rings. The fraction of sp³-hybridized carbons (Fsp3) is 0.632. The Kier molecular flexibility index (Phi) is 7.58. The van der Waals surface area contributed by atoms with Crippen LogP contribution in [0.25, 0.3) is 0 Å². The maximum Gasteiger partial charge on any atom is 0.234 e. The van der Waals surface area contributed by atoms with Crippen molar-refractivity contribution in [2.45, 2.75) is 13.0 Å². The molecule has 0 atom stereocenters. The van der Waals surface area contributed by atoms with Crippen molar-refractivity contribution in [2.75, 3.05) is 66.2 Å². The molecule has 1 N–H and O–H groups in total. The number of rotatable bonds is 8. The summed E-state index contributed by atoms with van der Waals surface area (Å²) in [5.74, 6) is 1.46. The van der Waals surface area contributed by atoms with E-state index in [4.69, 9.17) is 25.8 Å². The summed E-state index contributed by atoms with van der Waals surface area (Å²) in [6.07, 6.45) is 0.841. The van der Waals surface area contributed by atoms with E-state index in [1.807, 2.05) is 12.1 Å². The monoisotopic (exact) mass is 397 g/mol. The molecule has 2 aliphatic rings. The van der Waals surface area contributed by atoms with Gasteiger partial charge in [0.25, 0.3) is 0 Å². The Hall–Kier alpha value is -1.54. The van der Waals surface area contributed by atoms with E-state index in [1.165, 1.54) is 0 Å². The van der Waals surface area contributed by atoms with Gasteiger partial charge in [0.05, 0.1) is 11.6 Å². The minimum absolute atomic E-state index is 0.0816. The van der Waals surface area contributed by atoms with Gasteiger partial charge in [-0.3, -0.25) is 14.6 Å². The number of halogens is 1. The minimum atomic E-state index is 0.0816. The number of hydrogen-bond donors (Lipinski definition) is 1. The number of carbonyl (C=O) groups excluding carboxylic acids is 1. The standard InChI is InChI=1S/C19H28ClN3O4/c1-25-8-2-3-21-18(24)14-23-6-4-22(5-7-23)13-15-11-16(20)19-17(12-15)26-9-10-27-19/h11-12H,2-10,13-14H2,1H3,(H,21,24). The number of fused-ring (bicyclic) bond motifs is 1. The molecule has 1 amide bonds. The van der Waals surface area contributed by atoms with Crippen LogP contribution in [0.3, 0.4) is 0 Å². The van der Waals surface area contributed by atoms with E-state index < -0.39 is 0 Å². The molecule has 3 rings (SSSR count). The third kappa shape index (κ3) is 5.97. The third-order valence-electron chi connectivity index (χ3n) is 4.74. The van der Waals surface area contributed by atoms with Gasteiger partial charge in [-0.15, -0.1) is 0 Å². The molecular formula is C19H28ClN3O4. The van der Waals surface area contributed by atoms with Crippen molar-refractivity contribution in [2.24, 2.45) is 0 Å². The number of piperazine rings is 1. The molecule has 27 heavy (non-hydrogen) atoms. The van der Waals surface area contributed by atoms with Gasteiger partial charge >= 0.3 is 0 Å². The zero-order chi connectivity index (χ0) is 19.1. The SMILES string of the molecule is COCCCNC(=O)CN1CCN(Cc2cc(Cl)c3c(c2)OCCO3)CC1. The van der Waals surface area contributed by atoms with Crippen LogP contribution >= 0.6 is 11.6 Å². The summed E-state index contributed by atoms with van der Waals surface area (Å²) in [7, 11) is 1.67. The highest BCUT2D eigenvalue weighted by Crippen LogP contribution is 2.38. The number of hydrogen-bond acceptors (Lipinski definition) is 6. The summed E-state index contributed by atoms with van der Waals surface area (Å²) >= 11 is 6.32.